The van der Waals surface area contributed by atoms with Crippen LogP contribution in [0, 0.1) is 0 Å². The van der Waals surface area contributed by atoms with Crippen molar-refractivity contribution in [3.8, 4) is 17.2 Å². The summed E-state index contributed by atoms with van der Waals surface area (Å²) < 4.78 is 25.6. The third-order valence-electron chi connectivity index (χ3n) is 4.33. The number of nitrogens with one attached hydrogen (secondary N) is 3. The van der Waals surface area contributed by atoms with E-state index in [4.69, 9.17) is 11.6 Å². The lowest BCUT2D eigenvalue weighted by Crippen LogP contribution is -2.25. The zero-order chi connectivity index (χ0) is 20.5. The highest BCUT2D eigenvalue weighted by Crippen LogP contribution is 2.40. The number of anilines is 2. The first-order valence-electron chi connectivity index (χ1n) is 8.27. The van der Waals surface area contributed by atoms with Crippen LogP contribution in [-0.4, -0.2) is 48.1 Å². The van der Waals surface area contributed by atoms with Crippen LogP contribution >= 0.6 is 11.6 Å². The van der Waals surface area contributed by atoms with Crippen LogP contribution in [0.4, 0.5) is 16.2 Å². The second-order valence-corrected chi connectivity index (χ2v) is 8.76. The molecule has 0 aliphatic carbocycles. The summed E-state index contributed by atoms with van der Waals surface area (Å²) in [7, 11) is -3.92. The number of aromatic hydroxyl groups is 3. The molecule has 6 N–H and O–H groups in total. The van der Waals surface area contributed by atoms with E-state index in [9.17, 15) is 28.5 Å². The maximum absolute atomic E-state index is 12.8. The van der Waals surface area contributed by atoms with Gasteiger partial charge in [0, 0.05) is 6.54 Å². The van der Waals surface area contributed by atoms with Crippen LogP contribution in [0.2, 0.25) is 5.02 Å². The second-order valence-electron chi connectivity index (χ2n) is 6.18. The minimum absolute atomic E-state index is 0.0733. The van der Waals surface area contributed by atoms with Gasteiger partial charge in [-0.1, -0.05) is 17.7 Å². The lowest BCUT2D eigenvalue weighted by atomic mass is 10.2. The molecule has 1 saturated heterocycles. The van der Waals surface area contributed by atoms with E-state index in [-0.39, 0.29) is 22.9 Å². The summed E-state index contributed by atoms with van der Waals surface area (Å²) in [5, 5.41) is 36.3. The van der Waals surface area contributed by atoms with Crippen molar-refractivity contribution >= 4 is 38.8 Å². The number of sulfone groups is 1. The van der Waals surface area contributed by atoms with Crippen LogP contribution in [0.1, 0.15) is 6.42 Å². The first-order valence-corrected chi connectivity index (χ1v) is 10.2. The summed E-state index contributed by atoms with van der Waals surface area (Å²) in [6.07, 6.45) is 0.382. The van der Waals surface area contributed by atoms with Crippen molar-refractivity contribution in [2.24, 2.45) is 0 Å². The molecule has 2 aromatic rings. The van der Waals surface area contributed by atoms with E-state index in [0.29, 0.717) is 13.0 Å². The number of carbonyl (C=O) groups excluding carboxylic acids is 1. The minimum Gasteiger partial charge on any atom is -0.504 e. The van der Waals surface area contributed by atoms with Crippen LogP contribution in [0.15, 0.2) is 35.2 Å². The SMILES string of the molecule is O=C(Nc1cccc(O)c1O)Nc1ccc(Cl)c(S(=O)(=O)[C@@H]2CCNC2)c1O. The molecule has 9 nitrogen and oxygen atoms in total. The summed E-state index contributed by atoms with van der Waals surface area (Å²) in [6, 6.07) is 5.64. The molecule has 1 aliphatic heterocycles. The fraction of sp³-hybridized carbons (Fsp3) is 0.235. The largest absolute Gasteiger partial charge is 0.504 e. The Balaban J connectivity index is 1.87. The summed E-state index contributed by atoms with van der Waals surface area (Å²) in [6.45, 7) is 0.781. The summed E-state index contributed by atoms with van der Waals surface area (Å²) in [5.41, 5.74) is -0.248. The third kappa shape index (κ3) is 3.79. The summed E-state index contributed by atoms with van der Waals surface area (Å²) >= 11 is 6.02. The molecule has 0 radical (unpaired) electrons. The molecule has 0 unspecified atom stereocenters. The van der Waals surface area contributed by atoms with E-state index < -0.39 is 43.3 Å². The Morgan fingerprint density at radius 1 is 1.07 bits per heavy atom. The number of halogens is 1. The number of phenolic OH excluding ortho intramolecular Hbond substituents is 3. The number of rotatable bonds is 4. The molecule has 1 heterocycles. The molecular formula is C17H18ClN3O6S. The monoisotopic (exact) mass is 427 g/mol. The minimum atomic E-state index is -3.92. The van der Waals surface area contributed by atoms with Gasteiger partial charge in [0.1, 0.15) is 4.90 Å². The lowest BCUT2D eigenvalue weighted by molar-refractivity contribution is 0.262. The molecule has 2 aromatic carbocycles. The Morgan fingerprint density at radius 2 is 1.75 bits per heavy atom. The normalized spacial score (nSPS) is 16.7. The predicted octanol–water partition coefficient (Wildman–Crippen LogP) is 2.24. The van der Waals surface area contributed by atoms with Gasteiger partial charge in [-0.2, -0.15) is 0 Å². The molecule has 0 bridgehead atoms. The first kappa shape index (κ1) is 20.1. The van der Waals surface area contributed by atoms with Gasteiger partial charge in [0.05, 0.1) is 21.6 Å². The van der Waals surface area contributed by atoms with E-state index in [2.05, 4.69) is 16.0 Å². The molecule has 0 aromatic heterocycles. The van der Waals surface area contributed by atoms with Crippen molar-refractivity contribution in [3.05, 3.63) is 35.4 Å². The van der Waals surface area contributed by atoms with E-state index in [0.717, 1.165) is 0 Å². The lowest BCUT2D eigenvalue weighted by Gasteiger charge is -2.16. The summed E-state index contributed by atoms with van der Waals surface area (Å²) in [5.74, 6) is -1.63. The topological polar surface area (TPSA) is 148 Å². The van der Waals surface area contributed by atoms with Crippen LogP contribution < -0.4 is 16.0 Å². The molecule has 1 aliphatic rings. The van der Waals surface area contributed by atoms with Crippen LogP contribution in [0.5, 0.6) is 17.2 Å². The molecule has 150 valence electrons. The van der Waals surface area contributed by atoms with Crippen molar-refractivity contribution in [1.29, 1.82) is 0 Å². The van der Waals surface area contributed by atoms with Gasteiger partial charge in [-0.3, -0.25) is 0 Å². The van der Waals surface area contributed by atoms with Gasteiger partial charge >= 0.3 is 6.03 Å². The van der Waals surface area contributed by atoms with Gasteiger partial charge < -0.3 is 31.3 Å². The van der Waals surface area contributed by atoms with E-state index >= 15 is 0 Å². The quantitative estimate of drug-likeness (QED) is 0.410. The zero-order valence-electron chi connectivity index (χ0n) is 14.4. The predicted molar refractivity (Wildman–Crippen MR) is 104 cm³/mol. The first-order chi connectivity index (χ1) is 13.2. The molecule has 3 rings (SSSR count). The fourth-order valence-corrected chi connectivity index (χ4v) is 5.18. The Morgan fingerprint density at radius 3 is 2.39 bits per heavy atom. The van der Waals surface area contributed by atoms with Gasteiger partial charge in [-0.15, -0.1) is 0 Å². The Kier molecular flexibility index (Phi) is 5.54. The van der Waals surface area contributed by atoms with E-state index in [1.54, 1.807) is 0 Å². The molecular weight excluding hydrogens is 410 g/mol. The number of urea groups is 1. The number of hydrogen-bond donors (Lipinski definition) is 6. The number of carbonyl (C=O) groups is 1. The van der Waals surface area contributed by atoms with Gasteiger partial charge in [0.2, 0.25) is 0 Å². The van der Waals surface area contributed by atoms with Crippen LogP contribution in [0.3, 0.4) is 0 Å². The number of phenols is 3. The number of para-hydroxylation sites is 1. The average molecular weight is 428 g/mol. The number of hydrogen-bond acceptors (Lipinski definition) is 7. The smallest absolute Gasteiger partial charge is 0.323 e. The maximum atomic E-state index is 12.8. The second kappa shape index (κ2) is 7.74. The molecule has 1 fully saturated rings. The molecule has 0 spiro atoms. The number of benzene rings is 2. The van der Waals surface area contributed by atoms with Crippen molar-refractivity contribution in [3.63, 3.8) is 0 Å². The molecule has 28 heavy (non-hydrogen) atoms. The van der Waals surface area contributed by atoms with Crippen molar-refractivity contribution < 1.29 is 28.5 Å². The average Bonchev–Trinajstić information content (AvgIpc) is 3.17. The highest BCUT2D eigenvalue weighted by molar-refractivity contribution is 7.92. The molecule has 0 saturated carbocycles. The summed E-state index contributed by atoms with van der Waals surface area (Å²) in [4.78, 5) is 11.7. The standard InChI is InChI=1S/C17H18ClN3O6S/c18-10-4-5-12(15(24)16(10)28(26,27)9-6-7-19-8-9)21-17(25)20-11-2-1-3-13(22)14(11)23/h1-5,9,19,22-24H,6-8H2,(H2,20,21,25)/t9-/m1/s1. The Bertz CT molecular complexity index is 1020. The van der Waals surface area contributed by atoms with Crippen LogP contribution in [-0.2, 0) is 9.84 Å². The maximum Gasteiger partial charge on any atom is 0.323 e. The third-order valence-corrected chi connectivity index (χ3v) is 7.02. The van der Waals surface area contributed by atoms with Gasteiger partial charge in [0.15, 0.2) is 27.1 Å². The molecule has 1 atom stereocenters. The molecule has 2 amide bonds. The highest BCUT2D eigenvalue weighted by atomic mass is 35.5. The van der Waals surface area contributed by atoms with Crippen molar-refractivity contribution in [2.75, 3.05) is 23.7 Å². The van der Waals surface area contributed by atoms with Gasteiger partial charge in [0.25, 0.3) is 0 Å². The fourth-order valence-electron chi connectivity index (χ4n) is 2.89. The van der Waals surface area contributed by atoms with Crippen molar-refractivity contribution in [2.45, 2.75) is 16.6 Å². The Hall–Kier alpha value is -2.69. The molecule has 11 heteroatoms. The van der Waals surface area contributed by atoms with Crippen LogP contribution in [0.25, 0.3) is 0 Å². The van der Waals surface area contributed by atoms with Crippen molar-refractivity contribution in [1.82, 2.24) is 5.32 Å². The highest BCUT2D eigenvalue weighted by Gasteiger charge is 2.35. The van der Waals surface area contributed by atoms with Gasteiger partial charge in [-0.25, -0.2) is 13.2 Å². The number of amides is 2. The van der Waals surface area contributed by atoms with E-state index in [1.807, 2.05) is 0 Å². The Labute approximate surface area is 165 Å². The van der Waals surface area contributed by atoms with E-state index in [1.165, 1.54) is 30.3 Å². The van der Waals surface area contributed by atoms with Gasteiger partial charge in [-0.05, 0) is 37.2 Å². The zero-order valence-corrected chi connectivity index (χ0v) is 16.0.